The third-order valence-corrected chi connectivity index (χ3v) is 3.13. The van der Waals surface area contributed by atoms with E-state index in [0.717, 1.165) is 18.7 Å². The average Bonchev–Trinajstić information content (AvgIpc) is 2.77. The van der Waals surface area contributed by atoms with Crippen LogP contribution in [0.3, 0.4) is 0 Å². The topological polar surface area (TPSA) is 43.8 Å². The van der Waals surface area contributed by atoms with Crippen LogP contribution in [0.2, 0.25) is 5.02 Å². The molecule has 2 aromatic rings. The monoisotopic (exact) mass is 267 g/mol. The lowest BCUT2D eigenvalue weighted by Crippen LogP contribution is -2.18. The summed E-state index contributed by atoms with van der Waals surface area (Å²) in [6, 6.07) is 5.72. The molecular weight excluding hydrogens is 253 g/mol. The Morgan fingerprint density at radius 3 is 2.89 bits per heavy atom. The highest BCUT2D eigenvalue weighted by Crippen LogP contribution is 2.27. The Balaban J connectivity index is 2.35. The number of nitrogens with two attached hydrogens (primary N) is 1. The van der Waals surface area contributed by atoms with E-state index >= 15 is 0 Å². The van der Waals surface area contributed by atoms with Gasteiger partial charge in [-0.25, -0.2) is 4.39 Å². The summed E-state index contributed by atoms with van der Waals surface area (Å²) in [4.78, 5) is 0. The van der Waals surface area contributed by atoms with Crippen LogP contribution in [0.4, 0.5) is 4.39 Å². The van der Waals surface area contributed by atoms with Crippen molar-refractivity contribution in [2.24, 2.45) is 5.73 Å². The minimum absolute atomic E-state index is 0.340. The maximum absolute atomic E-state index is 13.0. The first-order valence-electron chi connectivity index (χ1n) is 5.85. The van der Waals surface area contributed by atoms with Crippen LogP contribution in [-0.2, 0) is 6.54 Å². The number of aryl methyl sites for hydroxylation is 1. The van der Waals surface area contributed by atoms with Crippen LogP contribution in [0.15, 0.2) is 30.5 Å². The summed E-state index contributed by atoms with van der Waals surface area (Å²) in [6.07, 6.45) is 2.68. The molecule has 0 saturated carbocycles. The van der Waals surface area contributed by atoms with Crippen molar-refractivity contribution in [2.45, 2.75) is 25.9 Å². The van der Waals surface area contributed by atoms with Crippen LogP contribution < -0.4 is 5.73 Å². The first-order chi connectivity index (χ1) is 8.63. The highest BCUT2D eigenvalue weighted by Gasteiger charge is 2.16. The van der Waals surface area contributed by atoms with Gasteiger partial charge in [0.15, 0.2) is 0 Å². The zero-order valence-corrected chi connectivity index (χ0v) is 10.9. The Morgan fingerprint density at radius 1 is 1.44 bits per heavy atom. The number of rotatable bonds is 4. The van der Waals surface area contributed by atoms with Gasteiger partial charge in [0, 0.05) is 17.8 Å². The second-order valence-electron chi connectivity index (χ2n) is 4.12. The molecule has 18 heavy (non-hydrogen) atoms. The molecule has 0 amide bonds. The molecule has 0 fully saturated rings. The zero-order chi connectivity index (χ0) is 13.1. The normalized spacial score (nSPS) is 12.7. The second kappa shape index (κ2) is 5.50. The first kappa shape index (κ1) is 13.1. The predicted octanol–water partition coefficient (Wildman–Crippen LogP) is 3.13. The summed E-state index contributed by atoms with van der Waals surface area (Å²) in [6.45, 7) is 2.87. The highest BCUT2D eigenvalue weighted by molar-refractivity contribution is 6.31. The number of benzene rings is 1. The molecule has 1 unspecified atom stereocenters. The van der Waals surface area contributed by atoms with Crippen molar-refractivity contribution in [2.75, 3.05) is 0 Å². The number of aromatic nitrogens is 2. The van der Waals surface area contributed by atoms with E-state index in [-0.39, 0.29) is 5.82 Å². The molecule has 0 radical (unpaired) electrons. The van der Waals surface area contributed by atoms with Crippen molar-refractivity contribution in [1.82, 2.24) is 9.78 Å². The molecule has 1 aromatic carbocycles. The molecule has 3 nitrogen and oxygen atoms in total. The molecule has 2 rings (SSSR count). The number of hydrogen-bond donors (Lipinski definition) is 1. The summed E-state index contributed by atoms with van der Waals surface area (Å²) >= 11 is 6.02. The van der Waals surface area contributed by atoms with Gasteiger partial charge in [0.2, 0.25) is 0 Å². The van der Waals surface area contributed by atoms with Crippen molar-refractivity contribution in [3.8, 4) is 0 Å². The van der Waals surface area contributed by atoms with Crippen LogP contribution in [0.5, 0.6) is 0 Å². The number of nitrogens with zero attached hydrogens (tertiary/aromatic N) is 2. The second-order valence-corrected chi connectivity index (χ2v) is 4.53. The standard InChI is InChI=1S/C13H15ClFN3/c1-2-7-18-12(5-6-17-18)13(16)10-4-3-9(15)8-11(10)14/h3-6,8,13H,2,7,16H2,1H3. The van der Waals surface area contributed by atoms with Crippen molar-refractivity contribution in [1.29, 1.82) is 0 Å². The van der Waals surface area contributed by atoms with Gasteiger partial charge >= 0.3 is 0 Å². The Labute approximate surface area is 110 Å². The Bertz CT molecular complexity index is 539. The summed E-state index contributed by atoms with van der Waals surface area (Å²) in [7, 11) is 0. The third-order valence-electron chi connectivity index (χ3n) is 2.80. The molecule has 5 heteroatoms. The summed E-state index contributed by atoms with van der Waals surface area (Å²) in [5, 5.41) is 4.56. The molecule has 0 aliphatic heterocycles. The molecule has 96 valence electrons. The van der Waals surface area contributed by atoms with Gasteiger partial charge < -0.3 is 5.73 Å². The van der Waals surface area contributed by atoms with Crippen molar-refractivity contribution in [3.63, 3.8) is 0 Å². The number of hydrogen-bond acceptors (Lipinski definition) is 2. The minimum Gasteiger partial charge on any atom is -0.319 e. The van der Waals surface area contributed by atoms with Crippen LogP contribution in [0.1, 0.15) is 30.6 Å². The zero-order valence-electron chi connectivity index (χ0n) is 10.1. The largest absolute Gasteiger partial charge is 0.319 e. The van der Waals surface area contributed by atoms with Gasteiger partial charge in [-0.2, -0.15) is 5.10 Å². The van der Waals surface area contributed by atoms with E-state index in [1.165, 1.54) is 12.1 Å². The maximum atomic E-state index is 13.0. The molecule has 0 spiro atoms. The van der Waals surface area contributed by atoms with Gasteiger partial charge in [0.25, 0.3) is 0 Å². The van der Waals surface area contributed by atoms with Gasteiger partial charge in [0.05, 0.1) is 11.7 Å². The van der Waals surface area contributed by atoms with Gasteiger partial charge in [0.1, 0.15) is 5.82 Å². The Hall–Kier alpha value is -1.39. The fourth-order valence-electron chi connectivity index (χ4n) is 1.92. The van der Waals surface area contributed by atoms with E-state index in [9.17, 15) is 4.39 Å². The molecule has 0 bridgehead atoms. The number of halogens is 2. The van der Waals surface area contributed by atoms with Crippen molar-refractivity contribution >= 4 is 11.6 Å². The van der Waals surface area contributed by atoms with E-state index in [1.54, 1.807) is 12.3 Å². The van der Waals surface area contributed by atoms with E-state index < -0.39 is 6.04 Å². The fourth-order valence-corrected chi connectivity index (χ4v) is 2.20. The van der Waals surface area contributed by atoms with E-state index in [0.29, 0.717) is 10.6 Å². The Morgan fingerprint density at radius 2 is 2.22 bits per heavy atom. The van der Waals surface area contributed by atoms with E-state index in [4.69, 9.17) is 17.3 Å². The highest BCUT2D eigenvalue weighted by atomic mass is 35.5. The van der Waals surface area contributed by atoms with Crippen LogP contribution in [-0.4, -0.2) is 9.78 Å². The van der Waals surface area contributed by atoms with Crippen LogP contribution in [0.25, 0.3) is 0 Å². The molecule has 0 aliphatic carbocycles. The molecule has 1 aromatic heterocycles. The Kier molecular flexibility index (Phi) is 3.99. The summed E-state index contributed by atoms with van der Waals surface area (Å²) in [5.74, 6) is -0.363. The quantitative estimate of drug-likeness (QED) is 0.925. The van der Waals surface area contributed by atoms with Crippen molar-refractivity contribution in [3.05, 3.63) is 52.6 Å². The minimum atomic E-state index is -0.396. The maximum Gasteiger partial charge on any atom is 0.124 e. The lowest BCUT2D eigenvalue weighted by molar-refractivity contribution is 0.559. The first-order valence-corrected chi connectivity index (χ1v) is 6.23. The van der Waals surface area contributed by atoms with E-state index in [1.807, 2.05) is 10.7 Å². The smallest absolute Gasteiger partial charge is 0.124 e. The molecule has 0 aliphatic rings. The van der Waals surface area contributed by atoms with Crippen LogP contribution in [0, 0.1) is 5.82 Å². The van der Waals surface area contributed by atoms with Gasteiger partial charge in [-0.15, -0.1) is 0 Å². The lowest BCUT2D eigenvalue weighted by Gasteiger charge is -2.15. The third kappa shape index (κ3) is 2.54. The van der Waals surface area contributed by atoms with Gasteiger partial charge in [-0.3, -0.25) is 4.68 Å². The molecule has 2 N–H and O–H groups in total. The molecule has 1 atom stereocenters. The molecular formula is C13H15ClFN3. The predicted molar refractivity (Wildman–Crippen MR) is 70.0 cm³/mol. The van der Waals surface area contributed by atoms with Crippen molar-refractivity contribution < 1.29 is 4.39 Å². The molecule has 0 saturated heterocycles. The summed E-state index contributed by atoms with van der Waals surface area (Å²) < 4.78 is 14.9. The van der Waals surface area contributed by atoms with Gasteiger partial charge in [-0.05, 0) is 30.2 Å². The van der Waals surface area contributed by atoms with Crippen LogP contribution >= 0.6 is 11.6 Å². The van der Waals surface area contributed by atoms with E-state index in [2.05, 4.69) is 12.0 Å². The lowest BCUT2D eigenvalue weighted by atomic mass is 10.0. The fraction of sp³-hybridized carbons (Fsp3) is 0.308. The molecule has 1 heterocycles. The SMILES string of the molecule is CCCn1nccc1C(N)c1ccc(F)cc1Cl. The van der Waals surface area contributed by atoms with Gasteiger partial charge in [-0.1, -0.05) is 24.6 Å². The average molecular weight is 268 g/mol. The summed E-state index contributed by atoms with van der Waals surface area (Å²) in [5.41, 5.74) is 7.76.